The van der Waals surface area contributed by atoms with Crippen LogP contribution in [0.25, 0.3) is 0 Å². The molecule has 3 amide bonds. The predicted octanol–water partition coefficient (Wildman–Crippen LogP) is 4.56. The first-order valence-electron chi connectivity index (χ1n) is 10.2. The van der Waals surface area contributed by atoms with Crippen molar-refractivity contribution in [3.63, 3.8) is 0 Å². The molecule has 0 unspecified atom stereocenters. The average molecular weight is 394 g/mol. The molecule has 1 aliphatic heterocycles. The molecule has 5 nitrogen and oxygen atoms in total. The van der Waals surface area contributed by atoms with Crippen LogP contribution in [-0.4, -0.2) is 29.9 Å². The first kappa shape index (κ1) is 20.9. The molecule has 2 N–H and O–H groups in total. The largest absolute Gasteiger partial charge is 0.351 e. The van der Waals surface area contributed by atoms with Crippen molar-refractivity contribution in [3.8, 4) is 0 Å². The van der Waals surface area contributed by atoms with E-state index >= 15 is 0 Å². The number of urea groups is 1. The van der Waals surface area contributed by atoms with E-state index in [0.29, 0.717) is 19.6 Å². The van der Waals surface area contributed by atoms with Gasteiger partial charge in [0.2, 0.25) is 5.91 Å². The Labute approximate surface area is 173 Å². The molecule has 0 aliphatic carbocycles. The number of nitrogens with one attached hydrogen (secondary N) is 2. The number of aryl methyl sites for hydroxylation is 3. The number of benzene rings is 2. The fourth-order valence-corrected chi connectivity index (χ4v) is 3.94. The Balaban J connectivity index is 1.62. The predicted molar refractivity (Wildman–Crippen MR) is 117 cm³/mol. The van der Waals surface area contributed by atoms with E-state index in [0.717, 1.165) is 40.8 Å². The summed E-state index contributed by atoms with van der Waals surface area (Å²) in [4.78, 5) is 27.5. The van der Waals surface area contributed by atoms with Crippen molar-refractivity contribution >= 4 is 17.6 Å². The van der Waals surface area contributed by atoms with E-state index in [9.17, 15) is 9.59 Å². The van der Waals surface area contributed by atoms with Crippen molar-refractivity contribution in [2.24, 2.45) is 5.41 Å². The lowest BCUT2D eigenvalue weighted by Gasteiger charge is -2.39. The number of hydrogen-bond acceptors (Lipinski definition) is 2. The van der Waals surface area contributed by atoms with Gasteiger partial charge in [-0.1, -0.05) is 42.0 Å². The van der Waals surface area contributed by atoms with E-state index in [1.807, 2.05) is 64.1 Å². The zero-order valence-electron chi connectivity index (χ0n) is 17.8. The van der Waals surface area contributed by atoms with Gasteiger partial charge in [-0.05, 0) is 63.3 Å². The molecule has 29 heavy (non-hydrogen) atoms. The molecule has 1 atom stereocenters. The molecule has 1 heterocycles. The molecule has 1 aliphatic rings. The van der Waals surface area contributed by atoms with Crippen LogP contribution < -0.4 is 10.6 Å². The first-order chi connectivity index (χ1) is 13.8. The Hall–Kier alpha value is -2.82. The molecule has 3 rings (SSSR count). The van der Waals surface area contributed by atoms with Gasteiger partial charge in [-0.3, -0.25) is 4.79 Å². The third-order valence-electron chi connectivity index (χ3n) is 5.86. The number of rotatable bonds is 4. The second-order valence-corrected chi connectivity index (χ2v) is 8.44. The summed E-state index contributed by atoms with van der Waals surface area (Å²) in [6.07, 6.45) is 1.59. The van der Waals surface area contributed by atoms with E-state index in [1.165, 1.54) is 0 Å². The van der Waals surface area contributed by atoms with Crippen LogP contribution in [0, 0.1) is 26.2 Å². The van der Waals surface area contributed by atoms with Gasteiger partial charge in [-0.25, -0.2) is 4.79 Å². The summed E-state index contributed by atoms with van der Waals surface area (Å²) in [5.41, 5.74) is 4.71. The van der Waals surface area contributed by atoms with Crippen molar-refractivity contribution in [2.45, 2.75) is 47.1 Å². The summed E-state index contributed by atoms with van der Waals surface area (Å²) in [5.74, 6) is 0.00442. The molecule has 0 saturated carbocycles. The SMILES string of the molecule is Cc1ccc(NC(=O)N2CCC[C@](C)(C(=O)NCc3ccccc3C)C2)c(C)c1. The molecule has 0 radical (unpaired) electrons. The lowest BCUT2D eigenvalue weighted by molar-refractivity contribution is -0.132. The van der Waals surface area contributed by atoms with Gasteiger partial charge in [0, 0.05) is 25.3 Å². The topological polar surface area (TPSA) is 61.4 Å². The molecule has 1 saturated heterocycles. The van der Waals surface area contributed by atoms with E-state index < -0.39 is 5.41 Å². The second-order valence-electron chi connectivity index (χ2n) is 8.44. The highest BCUT2D eigenvalue weighted by Crippen LogP contribution is 2.30. The molecule has 0 aromatic heterocycles. The Bertz CT molecular complexity index is 909. The minimum absolute atomic E-state index is 0.00442. The highest BCUT2D eigenvalue weighted by Gasteiger charge is 2.39. The van der Waals surface area contributed by atoms with Crippen LogP contribution in [0.5, 0.6) is 0 Å². The van der Waals surface area contributed by atoms with Gasteiger partial charge < -0.3 is 15.5 Å². The molecule has 0 spiro atoms. The van der Waals surface area contributed by atoms with Crippen LogP contribution >= 0.6 is 0 Å². The van der Waals surface area contributed by atoms with E-state index in [4.69, 9.17) is 0 Å². The number of piperidine rings is 1. The summed E-state index contributed by atoms with van der Waals surface area (Å²) in [7, 11) is 0. The minimum Gasteiger partial charge on any atom is -0.351 e. The van der Waals surface area contributed by atoms with Gasteiger partial charge >= 0.3 is 6.03 Å². The zero-order valence-corrected chi connectivity index (χ0v) is 17.8. The number of carbonyl (C=O) groups excluding carboxylic acids is 2. The lowest BCUT2D eigenvalue weighted by atomic mass is 9.81. The average Bonchev–Trinajstić information content (AvgIpc) is 2.69. The molecule has 154 valence electrons. The molecule has 2 aromatic rings. The van der Waals surface area contributed by atoms with Gasteiger partial charge in [-0.15, -0.1) is 0 Å². The monoisotopic (exact) mass is 393 g/mol. The molecule has 2 aromatic carbocycles. The van der Waals surface area contributed by atoms with Crippen LogP contribution in [0.15, 0.2) is 42.5 Å². The number of likely N-dealkylation sites (tertiary alicyclic amines) is 1. The maximum absolute atomic E-state index is 13.0. The van der Waals surface area contributed by atoms with Crippen molar-refractivity contribution in [3.05, 3.63) is 64.7 Å². The van der Waals surface area contributed by atoms with Crippen molar-refractivity contribution in [1.82, 2.24) is 10.2 Å². The lowest BCUT2D eigenvalue weighted by Crippen LogP contribution is -2.52. The van der Waals surface area contributed by atoms with Gasteiger partial charge in [0.1, 0.15) is 0 Å². The van der Waals surface area contributed by atoms with Gasteiger partial charge in [0.15, 0.2) is 0 Å². The standard InChI is InChI=1S/C24H31N3O2/c1-17-10-11-21(19(3)14-17)26-23(29)27-13-7-12-24(4,16-27)22(28)25-15-20-9-6-5-8-18(20)2/h5-6,8-11,14H,7,12-13,15-16H2,1-4H3,(H,25,28)(H,26,29)/t24-/m0/s1. The Morgan fingerprint density at radius 3 is 2.55 bits per heavy atom. The maximum atomic E-state index is 13.0. The van der Waals surface area contributed by atoms with E-state index in [1.54, 1.807) is 4.90 Å². The van der Waals surface area contributed by atoms with Crippen LogP contribution in [-0.2, 0) is 11.3 Å². The number of hydrogen-bond donors (Lipinski definition) is 2. The van der Waals surface area contributed by atoms with Gasteiger partial charge in [0.05, 0.1) is 5.41 Å². The third-order valence-corrected chi connectivity index (χ3v) is 5.86. The number of carbonyl (C=O) groups is 2. The maximum Gasteiger partial charge on any atom is 0.321 e. The number of nitrogens with zero attached hydrogens (tertiary/aromatic N) is 1. The van der Waals surface area contributed by atoms with Crippen LogP contribution in [0.1, 0.15) is 42.0 Å². The quantitative estimate of drug-likeness (QED) is 0.800. The fraction of sp³-hybridized carbons (Fsp3) is 0.417. The molecule has 5 heteroatoms. The third kappa shape index (κ3) is 4.97. The molecule has 0 bridgehead atoms. The zero-order chi connectivity index (χ0) is 21.0. The smallest absolute Gasteiger partial charge is 0.321 e. The van der Waals surface area contributed by atoms with Crippen molar-refractivity contribution in [2.75, 3.05) is 18.4 Å². The molecular formula is C24H31N3O2. The first-order valence-corrected chi connectivity index (χ1v) is 10.2. The second kappa shape index (κ2) is 8.68. The summed E-state index contributed by atoms with van der Waals surface area (Å²) in [6.45, 7) is 9.61. The van der Waals surface area contributed by atoms with E-state index in [2.05, 4.69) is 16.7 Å². The summed E-state index contributed by atoms with van der Waals surface area (Å²) in [6, 6.07) is 13.9. The molecular weight excluding hydrogens is 362 g/mol. The Kier molecular flexibility index (Phi) is 6.26. The molecule has 1 fully saturated rings. The van der Waals surface area contributed by atoms with Crippen molar-refractivity contribution < 1.29 is 9.59 Å². The number of anilines is 1. The number of amides is 3. The highest BCUT2D eigenvalue weighted by molar-refractivity contribution is 5.91. The van der Waals surface area contributed by atoms with Crippen LogP contribution in [0.4, 0.5) is 10.5 Å². The van der Waals surface area contributed by atoms with Crippen LogP contribution in [0.3, 0.4) is 0 Å². The summed E-state index contributed by atoms with van der Waals surface area (Å²) < 4.78 is 0. The Morgan fingerprint density at radius 2 is 1.83 bits per heavy atom. The van der Waals surface area contributed by atoms with Crippen molar-refractivity contribution in [1.29, 1.82) is 0 Å². The van der Waals surface area contributed by atoms with Gasteiger partial charge in [0.25, 0.3) is 0 Å². The van der Waals surface area contributed by atoms with E-state index in [-0.39, 0.29) is 11.9 Å². The Morgan fingerprint density at radius 1 is 1.07 bits per heavy atom. The summed E-state index contributed by atoms with van der Waals surface area (Å²) >= 11 is 0. The van der Waals surface area contributed by atoms with Gasteiger partial charge in [-0.2, -0.15) is 0 Å². The normalized spacial score (nSPS) is 19.0. The summed E-state index contributed by atoms with van der Waals surface area (Å²) in [5, 5.41) is 6.08. The minimum atomic E-state index is -0.583. The fourth-order valence-electron chi connectivity index (χ4n) is 3.94. The van der Waals surface area contributed by atoms with Crippen LogP contribution in [0.2, 0.25) is 0 Å². The highest BCUT2D eigenvalue weighted by atomic mass is 16.2.